The summed E-state index contributed by atoms with van der Waals surface area (Å²) in [4.78, 5) is 63.2. The van der Waals surface area contributed by atoms with Crippen LogP contribution in [0, 0.1) is 0 Å². The number of ether oxygens (including phenoxy) is 3. The van der Waals surface area contributed by atoms with Crippen molar-refractivity contribution in [1.82, 2.24) is 16.0 Å². The first kappa shape index (κ1) is 43.6. The molecule has 0 heterocycles. The maximum Gasteiger partial charge on any atom is 0.412 e. The molecule has 0 aliphatic carbocycles. The monoisotopic (exact) mass is 794 g/mol. The minimum absolute atomic E-state index is 0.0227. The molecule has 2 atom stereocenters. The summed E-state index contributed by atoms with van der Waals surface area (Å²) in [5.74, 6) is -1.27. The standard InChI is InChI=1S/C44H50N4O8S/c1-5-28-54-40(51)36(48-42(53)56-43(2,3)4)29-31-23-25-35(26-24-31)55-41(52)46-27-15-22-38(49)47-37(39(45)50)30-57-44(32-16-9-6-10-17-32,33-18-11-7-12-19-33)34-20-13-8-14-21-34/h5-14,16-21,23-26,36-37H,1,15,22,27-30H2,2-4H3,(H2,45,50)(H,46,52)(H,47,49)(H,48,53)/t36-,37-/m0/s1. The van der Waals surface area contributed by atoms with Gasteiger partial charge in [0.1, 0.15) is 30.0 Å². The van der Waals surface area contributed by atoms with Crippen LogP contribution < -0.4 is 26.4 Å². The van der Waals surface area contributed by atoms with E-state index in [-0.39, 0.29) is 49.8 Å². The van der Waals surface area contributed by atoms with Crippen LogP contribution in [0.5, 0.6) is 5.75 Å². The third-order valence-electron chi connectivity index (χ3n) is 8.43. The molecule has 4 aromatic carbocycles. The molecule has 0 aliphatic rings. The molecule has 57 heavy (non-hydrogen) atoms. The van der Waals surface area contributed by atoms with Crippen LogP contribution in [0.4, 0.5) is 9.59 Å². The summed E-state index contributed by atoms with van der Waals surface area (Å²) in [6.07, 6.45) is 0.312. The Morgan fingerprint density at radius 3 is 1.79 bits per heavy atom. The van der Waals surface area contributed by atoms with Gasteiger partial charge in [0.05, 0.1) is 4.75 Å². The van der Waals surface area contributed by atoms with E-state index in [0.717, 1.165) is 16.7 Å². The van der Waals surface area contributed by atoms with Crippen molar-refractivity contribution >= 4 is 41.7 Å². The Hall–Kier alpha value is -6.08. The first-order chi connectivity index (χ1) is 27.3. The van der Waals surface area contributed by atoms with Crippen molar-refractivity contribution in [3.05, 3.63) is 150 Å². The lowest BCUT2D eigenvalue weighted by atomic mass is 9.84. The Kier molecular flexibility index (Phi) is 16.3. The summed E-state index contributed by atoms with van der Waals surface area (Å²) in [5.41, 5.74) is 8.75. The number of carbonyl (C=O) groups excluding carboxylic acids is 5. The number of nitrogens with two attached hydrogens (primary N) is 1. The third kappa shape index (κ3) is 13.6. The molecule has 13 heteroatoms. The molecule has 0 bridgehead atoms. The highest BCUT2D eigenvalue weighted by molar-refractivity contribution is 8.00. The summed E-state index contributed by atoms with van der Waals surface area (Å²) >= 11 is 1.52. The summed E-state index contributed by atoms with van der Waals surface area (Å²) in [7, 11) is 0. The Morgan fingerprint density at radius 2 is 1.30 bits per heavy atom. The quantitative estimate of drug-likeness (QED) is 0.0362. The van der Waals surface area contributed by atoms with E-state index in [9.17, 15) is 24.0 Å². The first-order valence-corrected chi connectivity index (χ1v) is 19.5. The average molecular weight is 795 g/mol. The maximum absolute atomic E-state index is 13.0. The summed E-state index contributed by atoms with van der Waals surface area (Å²) in [6.45, 7) is 8.77. The molecule has 0 saturated heterocycles. The molecule has 4 rings (SSSR count). The van der Waals surface area contributed by atoms with Gasteiger partial charge in [-0.25, -0.2) is 14.4 Å². The van der Waals surface area contributed by atoms with E-state index in [2.05, 4.69) is 22.5 Å². The Bertz CT molecular complexity index is 1840. The van der Waals surface area contributed by atoms with Gasteiger partial charge in [-0.3, -0.25) is 9.59 Å². The number of primary amides is 1. The molecular weight excluding hydrogens is 745 g/mol. The minimum atomic E-state index is -1.03. The van der Waals surface area contributed by atoms with Crippen LogP contribution in [-0.2, 0) is 35.0 Å². The molecule has 0 aliphatic heterocycles. The molecule has 0 fully saturated rings. The lowest BCUT2D eigenvalue weighted by molar-refractivity contribution is -0.144. The van der Waals surface area contributed by atoms with E-state index in [0.29, 0.717) is 5.56 Å². The first-order valence-electron chi connectivity index (χ1n) is 18.5. The van der Waals surface area contributed by atoms with Gasteiger partial charge < -0.3 is 35.9 Å². The predicted octanol–water partition coefficient (Wildman–Crippen LogP) is 6.42. The van der Waals surface area contributed by atoms with E-state index >= 15 is 0 Å². The van der Waals surface area contributed by atoms with Gasteiger partial charge in [0.25, 0.3) is 0 Å². The van der Waals surface area contributed by atoms with Crippen molar-refractivity contribution in [2.75, 3.05) is 18.9 Å². The van der Waals surface area contributed by atoms with Gasteiger partial charge >= 0.3 is 18.2 Å². The highest BCUT2D eigenvalue weighted by atomic mass is 32.2. The molecule has 0 saturated carbocycles. The average Bonchev–Trinajstić information content (AvgIpc) is 3.19. The molecule has 300 valence electrons. The summed E-state index contributed by atoms with van der Waals surface area (Å²) < 4.78 is 15.1. The molecular formula is C44H50N4O8S. The normalized spacial score (nSPS) is 12.3. The SMILES string of the molecule is C=CCOC(=O)[C@H](Cc1ccc(OC(=O)NCCCC(=O)N[C@@H](CSC(c2ccccc2)(c2ccccc2)c2ccccc2)C(N)=O)cc1)NC(=O)OC(C)(C)C. The van der Waals surface area contributed by atoms with Crippen LogP contribution in [0.1, 0.15) is 55.9 Å². The molecule has 5 N–H and O–H groups in total. The number of nitrogens with one attached hydrogen (secondary N) is 3. The van der Waals surface area contributed by atoms with E-state index in [1.165, 1.54) is 17.8 Å². The Balaban J connectivity index is 1.29. The number of benzene rings is 4. The second-order valence-electron chi connectivity index (χ2n) is 14.0. The summed E-state index contributed by atoms with van der Waals surface area (Å²) in [6, 6.07) is 34.4. The van der Waals surface area contributed by atoms with Gasteiger partial charge in [0.15, 0.2) is 0 Å². The van der Waals surface area contributed by atoms with Crippen molar-refractivity contribution in [2.45, 2.75) is 62.5 Å². The number of hydrogen-bond donors (Lipinski definition) is 4. The molecule has 4 amide bonds. The van der Waals surface area contributed by atoms with Gasteiger partial charge in [0, 0.05) is 25.1 Å². The van der Waals surface area contributed by atoms with Crippen LogP contribution in [0.25, 0.3) is 0 Å². The number of thioether (sulfide) groups is 1. The number of rotatable bonds is 19. The lowest BCUT2D eigenvalue weighted by Crippen LogP contribution is -2.47. The van der Waals surface area contributed by atoms with Gasteiger partial charge in [-0.05, 0) is 61.6 Å². The minimum Gasteiger partial charge on any atom is -0.460 e. The third-order valence-corrected chi connectivity index (χ3v) is 10.1. The summed E-state index contributed by atoms with van der Waals surface area (Å²) in [5, 5.41) is 7.94. The number of amides is 4. The fourth-order valence-corrected chi connectivity index (χ4v) is 7.41. The second-order valence-corrected chi connectivity index (χ2v) is 15.2. The van der Waals surface area contributed by atoms with Crippen molar-refractivity contribution in [3.63, 3.8) is 0 Å². The van der Waals surface area contributed by atoms with E-state index in [1.807, 2.05) is 91.0 Å². The van der Waals surface area contributed by atoms with Crippen LogP contribution in [0.15, 0.2) is 128 Å². The molecule has 12 nitrogen and oxygen atoms in total. The van der Waals surface area contributed by atoms with E-state index in [4.69, 9.17) is 19.9 Å². The Labute approximate surface area is 337 Å². The van der Waals surface area contributed by atoms with E-state index < -0.39 is 46.5 Å². The number of alkyl carbamates (subject to hydrolysis) is 1. The highest BCUT2D eigenvalue weighted by Crippen LogP contribution is 2.48. The molecule has 0 radical (unpaired) electrons. The maximum atomic E-state index is 13.0. The van der Waals surface area contributed by atoms with Crippen molar-refractivity contribution in [2.24, 2.45) is 5.73 Å². The topological polar surface area (TPSA) is 175 Å². The van der Waals surface area contributed by atoms with Crippen molar-refractivity contribution < 1.29 is 38.2 Å². The Morgan fingerprint density at radius 1 is 0.754 bits per heavy atom. The largest absolute Gasteiger partial charge is 0.460 e. The van der Waals surface area contributed by atoms with Crippen molar-refractivity contribution in [1.29, 1.82) is 0 Å². The van der Waals surface area contributed by atoms with Crippen LogP contribution in [0.3, 0.4) is 0 Å². The second kappa shape index (κ2) is 21.3. The molecule has 0 spiro atoms. The molecule has 0 aromatic heterocycles. The van der Waals surface area contributed by atoms with Crippen LogP contribution in [0.2, 0.25) is 0 Å². The zero-order chi connectivity index (χ0) is 41.3. The zero-order valence-electron chi connectivity index (χ0n) is 32.4. The van der Waals surface area contributed by atoms with Crippen molar-refractivity contribution in [3.8, 4) is 5.75 Å². The van der Waals surface area contributed by atoms with Gasteiger partial charge in [-0.2, -0.15) is 0 Å². The number of carbonyl (C=O) groups is 5. The van der Waals surface area contributed by atoms with Gasteiger partial charge in [-0.1, -0.05) is 116 Å². The lowest BCUT2D eigenvalue weighted by Gasteiger charge is -2.36. The highest BCUT2D eigenvalue weighted by Gasteiger charge is 2.38. The van der Waals surface area contributed by atoms with Gasteiger partial charge in [-0.15, -0.1) is 11.8 Å². The van der Waals surface area contributed by atoms with Crippen LogP contribution >= 0.6 is 11.8 Å². The van der Waals surface area contributed by atoms with Gasteiger partial charge in [0.2, 0.25) is 11.8 Å². The number of esters is 1. The smallest absolute Gasteiger partial charge is 0.412 e. The number of hydrogen-bond acceptors (Lipinski definition) is 9. The predicted molar refractivity (Wildman–Crippen MR) is 221 cm³/mol. The fourth-order valence-electron chi connectivity index (χ4n) is 5.83. The zero-order valence-corrected chi connectivity index (χ0v) is 33.2. The molecule has 0 unspecified atom stereocenters. The van der Waals surface area contributed by atoms with E-state index in [1.54, 1.807) is 45.0 Å². The van der Waals surface area contributed by atoms with Crippen LogP contribution in [-0.4, -0.2) is 66.6 Å². The molecule has 4 aromatic rings. The fraction of sp³-hybridized carbons (Fsp3) is 0.295.